The molecule has 0 aromatic heterocycles. The van der Waals surface area contributed by atoms with E-state index in [9.17, 15) is 18.0 Å². The van der Waals surface area contributed by atoms with Gasteiger partial charge in [0, 0.05) is 11.3 Å². The number of nitrogens with zero attached hydrogens (tertiary/aromatic N) is 1. The lowest BCUT2D eigenvalue weighted by Crippen LogP contribution is -2.37. The van der Waals surface area contributed by atoms with Crippen LogP contribution in [0, 0.1) is 20.8 Å². The van der Waals surface area contributed by atoms with Crippen LogP contribution in [-0.2, 0) is 14.8 Å². The fourth-order valence-corrected chi connectivity index (χ4v) is 3.49. The second kappa shape index (κ2) is 7.79. The van der Waals surface area contributed by atoms with Crippen molar-refractivity contribution >= 4 is 33.2 Å². The number of amides is 2. The molecule has 7 nitrogen and oxygen atoms in total. The van der Waals surface area contributed by atoms with Gasteiger partial charge in [-0.1, -0.05) is 12.1 Å². The Labute approximate surface area is 159 Å². The van der Waals surface area contributed by atoms with Crippen LogP contribution < -0.4 is 15.4 Å². The summed E-state index contributed by atoms with van der Waals surface area (Å²) in [5, 5.41) is 2.65. The highest BCUT2D eigenvalue weighted by molar-refractivity contribution is 7.92. The summed E-state index contributed by atoms with van der Waals surface area (Å²) >= 11 is 0. The number of carbonyl (C=O) groups is 2. The summed E-state index contributed by atoms with van der Waals surface area (Å²) in [5.74, 6) is -1.13. The van der Waals surface area contributed by atoms with Crippen molar-refractivity contribution in [3.05, 3.63) is 58.7 Å². The van der Waals surface area contributed by atoms with Gasteiger partial charge in [-0.3, -0.25) is 13.9 Å². The second-order valence-electron chi connectivity index (χ2n) is 6.43. The molecule has 3 N–H and O–H groups in total. The number of hydrogen-bond acceptors (Lipinski definition) is 4. The third-order valence-corrected chi connectivity index (χ3v) is 5.48. The van der Waals surface area contributed by atoms with Gasteiger partial charge in [0.25, 0.3) is 0 Å². The molecule has 2 aromatic rings. The van der Waals surface area contributed by atoms with Crippen LogP contribution in [0.2, 0.25) is 0 Å². The Morgan fingerprint density at radius 1 is 1.07 bits per heavy atom. The number of nitrogens with one attached hydrogen (secondary N) is 1. The monoisotopic (exact) mass is 389 g/mol. The van der Waals surface area contributed by atoms with Crippen molar-refractivity contribution in [2.24, 2.45) is 5.73 Å². The quantitative estimate of drug-likeness (QED) is 0.788. The number of primary amides is 1. The van der Waals surface area contributed by atoms with Crippen molar-refractivity contribution < 1.29 is 18.0 Å². The van der Waals surface area contributed by atoms with Gasteiger partial charge in [-0.15, -0.1) is 0 Å². The molecule has 0 aliphatic carbocycles. The molecular formula is C19H23N3O4S. The number of anilines is 2. The Morgan fingerprint density at radius 3 is 2.30 bits per heavy atom. The van der Waals surface area contributed by atoms with Crippen LogP contribution >= 0.6 is 0 Å². The molecule has 0 aliphatic rings. The first kappa shape index (κ1) is 20.4. The topological polar surface area (TPSA) is 110 Å². The maximum atomic E-state index is 12.5. The zero-order valence-electron chi connectivity index (χ0n) is 15.7. The Hall–Kier alpha value is -2.87. The van der Waals surface area contributed by atoms with Crippen LogP contribution in [-0.4, -0.2) is 33.0 Å². The van der Waals surface area contributed by atoms with Crippen LogP contribution in [0.3, 0.4) is 0 Å². The molecule has 2 aromatic carbocycles. The van der Waals surface area contributed by atoms with E-state index in [1.54, 1.807) is 43.3 Å². The van der Waals surface area contributed by atoms with Gasteiger partial charge in [0.05, 0.1) is 11.9 Å². The standard InChI is InChI=1S/C19H23N3O4S/c1-12-8-9-15(10-13(12)2)22(27(4,25)26)11-18(23)21-17-7-5-6-16(14(17)3)19(20)24/h5-10H,11H2,1-4H3,(H2,20,24)(H,21,23). The van der Waals surface area contributed by atoms with Crippen LogP contribution in [0.15, 0.2) is 36.4 Å². The molecule has 0 bridgehead atoms. The molecule has 8 heteroatoms. The average molecular weight is 389 g/mol. The van der Waals surface area contributed by atoms with E-state index in [2.05, 4.69) is 5.32 Å². The molecule has 0 radical (unpaired) electrons. The molecule has 2 rings (SSSR count). The minimum Gasteiger partial charge on any atom is -0.366 e. The molecule has 0 saturated carbocycles. The second-order valence-corrected chi connectivity index (χ2v) is 8.34. The summed E-state index contributed by atoms with van der Waals surface area (Å²) in [7, 11) is -3.67. The first-order chi connectivity index (χ1) is 12.5. The lowest BCUT2D eigenvalue weighted by Gasteiger charge is -2.23. The first-order valence-corrected chi connectivity index (χ1v) is 10.1. The van der Waals surface area contributed by atoms with Gasteiger partial charge in [0.2, 0.25) is 21.8 Å². The molecule has 27 heavy (non-hydrogen) atoms. The van der Waals surface area contributed by atoms with Crippen LogP contribution in [0.25, 0.3) is 0 Å². The molecule has 2 amide bonds. The van der Waals surface area contributed by atoms with Crippen molar-refractivity contribution in [3.8, 4) is 0 Å². The van der Waals surface area contributed by atoms with E-state index in [1.165, 1.54) is 0 Å². The van der Waals surface area contributed by atoms with E-state index in [4.69, 9.17) is 5.73 Å². The van der Waals surface area contributed by atoms with Crippen molar-refractivity contribution in [1.29, 1.82) is 0 Å². The van der Waals surface area contributed by atoms with Gasteiger partial charge in [0.1, 0.15) is 6.54 Å². The van der Waals surface area contributed by atoms with Gasteiger partial charge in [-0.2, -0.15) is 0 Å². The van der Waals surface area contributed by atoms with Gasteiger partial charge < -0.3 is 11.1 Å². The maximum Gasteiger partial charge on any atom is 0.249 e. The zero-order valence-corrected chi connectivity index (χ0v) is 16.6. The molecule has 0 saturated heterocycles. The van der Waals surface area contributed by atoms with Crippen LogP contribution in [0.4, 0.5) is 11.4 Å². The van der Waals surface area contributed by atoms with E-state index >= 15 is 0 Å². The lowest BCUT2D eigenvalue weighted by atomic mass is 10.1. The van der Waals surface area contributed by atoms with Crippen LogP contribution in [0.1, 0.15) is 27.0 Å². The van der Waals surface area contributed by atoms with Crippen LogP contribution in [0.5, 0.6) is 0 Å². The van der Waals surface area contributed by atoms with E-state index < -0.39 is 21.8 Å². The van der Waals surface area contributed by atoms with Gasteiger partial charge >= 0.3 is 0 Å². The molecular weight excluding hydrogens is 366 g/mol. The molecule has 144 valence electrons. The Kier molecular flexibility index (Phi) is 5.90. The summed E-state index contributed by atoms with van der Waals surface area (Å²) in [6, 6.07) is 9.98. The normalized spacial score (nSPS) is 11.1. The average Bonchev–Trinajstić information content (AvgIpc) is 2.56. The Balaban J connectivity index is 2.29. The predicted octanol–water partition coefficient (Wildman–Crippen LogP) is 2.12. The van der Waals surface area contributed by atoms with Gasteiger partial charge in [-0.05, 0) is 61.7 Å². The van der Waals surface area contributed by atoms with E-state index in [0.717, 1.165) is 21.7 Å². The molecule has 0 heterocycles. The van der Waals surface area contributed by atoms with E-state index in [1.807, 2.05) is 13.8 Å². The SMILES string of the molecule is Cc1ccc(N(CC(=O)Nc2cccc(C(N)=O)c2C)S(C)(=O)=O)cc1C. The van der Waals surface area contributed by atoms with Crippen molar-refractivity contribution in [1.82, 2.24) is 0 Å². The number of carbonyl (C=O) groups excluding carboxylic acids is 2. The highest BCUT2D eigenvalue weighted by Gasteiger charge is 2.22. The maximum absolute atomic E-state index is 12.5. The smallest absolute Gasteiger partial charge is 0.249 e. The summed E-state index contributed by atoms with van der Waals surface area (Å²) in [5.41, 5.74) is 8.90. The number of sulfonamides is 1. The van der Waals surface area contributed by atoms with Crippen molar-refractivity contribution in [2.45, 2.75) is 20.8 Å². The predicted molar refractivity (Wildman–Crippen MR) is 106 cm³/mol. The minimum atomic E-state index is -3.67. The number of aryl methyl sites for hydroxylation is 2. The number of nitrogens with two attached hydrogens (primary N) is 1. The fraction of sp³-hybridized carbons (Fsp3) is 0.263. The van der Waals surface area contributed by atoms with Gasteiger partial charge in [0.15, 0.2) is 0 Å². The number of benzene rings is 2. The molecule has 0 spiro atoms. The highest BCUT2D eigenvalue weighted by atomic mass is 32.2. The fourth-order valence-electron chi connectivity index (χ4n) is 2.64. The summed E-state index contributed by atoms with van der Waals surface area (Å²) in [4.78, 5) is 23.9. The Bertz CT molecular complexity index is 1000. The molecule has 0 fully saturated rings. The Morgan fingerprint density at radius 2 is 1.74 bits per heavy atom. The minimum absolute atomic E-state index is 0.293. The zero-order chi connectivity index (χ0) is 20.4. The molecule has 0 unspecified atom stereocenters. The molecule has 0 aliphatic heterocycles. The van der Waals surface area contributed by atoms with Crippen molar-refractivity contribution in [2.75, 3.05) is 22.4 Å². The first-order valence-electron chi connectivity index (χ1n) is 8.25. The third-order valence-electron chi connectivity index (χ3n) is 4.34. The third kappa shape index (κ3) is 4.85. The van der Waals surface area contributed by atoms with Gasteiger partial charge in [-0.25, -0.2) is 8.42 Å². The number of hydrogen-bond donors (Lipinski definition) is 2. The summed E-state index contributed by atoms with van der Waals surface area (Å²) < 4.78 is 25.5. The van der Waals surface area contributed by atoms with E-state index in [0.29, 0.717) is 22.5 Å². The molecule has 0 atom stereocenters. The van der Waals surface area contributed by atoms with E-state index in [-0.39, 0.29) is 6.54 Å². The van der Waals surface area contributed by atoms with Crippen molar-refractivity contribution in [3.63, 3.8) is 0 Å². The summed E-state index contributed by atoms with van der Waals surface area (Å²) in [6.07, 6.45) is 1.05. The highest BCUT2D eigenvalue weighted by Crippen LogP contribution is 2.22. The summed E-state index contributed by atoms with van der Waals surface area (Å²) in [6.45, 7) is 5.07. The lowest BCUT2D eigenvalue weighted by molar-refractivity contribution is -0.114. The largest absolute Gasteiger partial charge is 0.366 e. The number of rotatable bonds is 6.